The van der Waals surface area contributed by atoms with Crippen molar-refractivity contribution in [2.45, 2.75) is 0 Å². The summed E-state index contributed by atoms with van der Waals surface area (Å²) in [6, 6.07) is 9.42. The smallest absolute Gasteiger partial charge is 0.272 e. The Hall–Kier alpha value is -3.59. The van der Waals surface area contributed by atoms with Gasteiger partial charge in [0.1, 0.15) is 5.75 Å². The molecule has 0 saturated carbocycles. The maximum Gasteiger partial charge on any atom is 0.272 e. The summed E-state index contributed by atoms with van der Waals surface area (Å²) >= 11 is 1.14. The summed E-state index contributed by atoms with van der Waals surface area (Å²) in [7, 11) is 0. The number of hydrogen-bond acceptors (Lipinski definition) is 7. The summed E-state index contributed by atoms with van der Waals surface area (Å²) in [5.41, 5.74) is 0.136. The first-order valence-electron chi connectivity index (χ1n) is 7.61. The molecule has 3 aromatic heterocycles. The molecule has 0 amide bonds. The first-order chi connectivity index (χ1) is 13.0. The molecule has 1 aromatic carbocycles. The van der Waals surface area contributed by atoms with E-state index in [4.69, 9.17) is 9.15 Å². The van der Waals surface area contributed by atoms with E-state index in [9.17, 15) is 19.3 Å². The van der Waals surface area contributed by atoms with Crippen LogP contribution < -0.4 is 4.74 Å². The second kappa shape index (κ2) is 6.61. The molecule has 4 aromatic rings. The highest BCUT2D eigenvalue weighted by molar-refractivity contribution is 7.21. The zero-order valence-electron chi connectivity index (χ0n) is 13.4. The van der Waals surface area contributed by atoms with Crippen molar-refractivity contribution in [3.63, 3.8) is 0 Å². The predicted molar refractivity (Wildman–Crippen MR) is 94.9 cm³/mol. The molecular formula is C18H9FN2O5S. The van der Waals surface area contributed by atoms with E-state index in [1.54, 1.807) is 18.2 Å². The number of fused-ring (bicyclic) bond motifs is 1. The SMILES string of the molecule is O=C(c1ccco1)c1cc2nccc(Oc3ccc([N+](=O)[O-])cc3F)c2s1. The Bertz CT molecular complexity index is 1170. The molecule has 3 heterocycles. The Morgan fingerprint density at radius 1 is 1.22 bits per heavy atom. The van der Waals surface area contributed by atoms with Crippen LogP contribution in [-0.4, -0.2) is 15.7 Å². The van der Waals surface area contributed by atoms with E-state index in [1.807, 2.05) is 0 Å². The monoisotopic (exact) mass is 384 g/mol. The van der Waals surface area contributed by atoms with Gasteiger partial charge < -0.3 is 9.15 Å². The van der Waals surface area contributed by atoms with Gasteiger partial charge in [-0.05, 0) is 24.3 Å². The minimum Gasteiger partial charge on any atom is -0.461 e. The highest BCUT2D eigenvalue weighted by atomic mass is 32.1. The van der Waals surface area contributed by atoms with Gasteiger partial charge in [0.2, 0.25) is 5.78 Å². The number of carbonyl (C=O) groups excluding carboxylic acids is 1. The fourth-order valence-corrected chi connectivity index (χ4v) is 3.45. The van der Waals surface area contributed by atoms with Crippen molar-refractivity contribution >= 4 is 33.0 Å². The number of non-ortho nitro benzene ring substituents is 1. The van der Waals surface area contributed by atoms with Crippen LogP contribution in [0.1, 0.15) is 15.4 Å². The second-order valence-electron chi connectivity index (χ2n) is 5.41. The van der Waals surface area contributed by atoms with Crippen molar-refractivity contribution < 1.29 is 23.3 Å². The highest BCUT2D eigenvalue weighted by Crippen LogP contribution is 2.36. The molecule has 0 saturated heterocycles. The lowest BCUT2D eigenvalue weighted by Crippen LogP contribution is -1.95. The van der Waals surface area contributed by atoms with Gasteiger partial charge in [0.15, 0.2) is 17.3 Å². The first-order valence-corrected chi connectivity index (χ1v) is 8.43. The number of hydrogen-bond donors (Lipinski definition) is 0. The van der Waals surface area contributed by atoms with Crippen LogP contribution in [0.15, 0.2) is 59.3 Å². The average Bonchev–Trinajstić information content (AvgIpc) is 3.32. The van der Waals surface area contributed by atoms with Crippen LogP contribution in [0.25, 0.3) is 10.2 Å². The Morgan fingerprint density at radius 2 is 2.07 bits per heavy atom. The number of ketones is 1. The van der Waals surface area contributed by atoms with Crippen LogP contribution in [0.2, 0.25) is 0 Å². The number of nitro benzene ring substituents is 1. The van der Waals surface area contributed by atoms with E-state index in [-0.39, 0.29) is 28.7 Å². The lowest BCUT2D eigenvalue weighted by Gasteiger charge is -2.07. The van der Waals surface area contributed by atoms with Crippen LogP contribution in [0.5, 0.6) is 11.5 Å². The summed E-state index contributed by atoms with van der Waals surface area (Å²) in [6.45, 7) is 0. The molecular weight excluding hydrogens is 375 g/mol. The topological polar surface area (TPSA) is 95.5 Å². The molecule has 9 heteroatoms. The first kappa shape index (κ1) is 16.9. The van der Waals surface area contributed by atoms with E-state index >= 15 is 0 Å². The normalized spacial score (nSPS) is 10.9. The minimum atomic E-state index is -0.863. The zero-order chi connectivity index (χ0) is 19.0. The van der Waals surface area contributed by atoms with Crippen molar-refractivity contribution in [1.29, 1.82) is 0 Å². The van der Waals surface area contributed by atoms with E-state index in [0.29, 0.717) is 15.1 Å². The number of aromatic nitrogens is 1. The number of halogens is 1. The van der Waals surface area contributed by atoms with E-state index in [1.165, 1.54) is 24.6 Å². The van der Waals surface area contributed by atoms with Crippen molar-refractivity contribution in [3.8, 4) is 11.5 Å². The molecule has 27 heavy (non-hydrogen) atoms. The van der Waals surface area contributed by atoms with Gasteiger partial charge >= 0.3 is 0 Å². The lowest BCUT2D eigenvalue weighted by atomic mass is 10.2. The molecule has 0 fully saturated rings. The zero-order valence-corrected chi connectivity index (χ0v) is 14.2. The molecule has 134 valence electrons. The van der Waals surface area contributed by atoms with E-state index in [0.717, 1.165) is 23.5 Å². The van der Waals surface area contributed by atoms with Crippen LogP contribution in [0.3, 0.4) is 0 Å². The fraction of sp³-hybridized carbons (Fsp3) is 0. The van der Waals surface area contributed by atoms with Gasteiger partial charge in [0.25, 0.3) is 5.69 Å². The number of rotatable bonds is 5. The summed E-state index contributed by atoms with van der Waals surface area (Å²) in [6.07, 6.45) is 2.87. The molecule has 0 atom stereocenters. The quantitative estimate of drug-likeness (QED) is 0.274. The van der Waals surface area contributed by atoms with Crippen molar-refractivity contribution in [3.05, 3.63) is 81.5 Å². The summed E-state index contributed by atoms with van der Waals surface area (Å²) in [5.74, 6) is -0.838. The third kappa shape index (κ3) is 3.15. The average molecular weight is 384 g/mol. The van der Waals surface area contributed by atoms with Crippen molar-refractivity contribution in [1.82, 2.24) is 4.98 Å². The standard InChI is InChI=1S/C18H9FN2O5S/c19-11-8-10(21(23)24)3-4-13(11)26-15-5-6-20-12-9-16(27-18(12)15)17(22)14-2-1-7-25-14/h1-9H. The molecule has 0 spiro atoms. The van der Waals surface area contributed by atoms with Gasteiger partial charge in [-0.2, -0.15) is 0 Å². The molecule has 0 aliphatic rings. The van der Waals surface area contributed by atoms with Gasteiger partial charge in [-0.1, -0.05) is 0 Å². The molecule has 4 rings (SSSR count). The Balaban J connectivity index is 1.70. The van der Waals surface area contributed by atoms with Crippen molar-refractivity contribution in [2.24, 2.45) is 0 Å². The summed E-state index contributed by atoms with van der Waals surface area (Å²) in [4.78, 5) is 27.0. The number of nitrogens with zero attached hydrogens (tertiary/aromatic N) is 2. The third-order valence-electron chi connectivity index (χ3n) is 3.69. The maximum absolute atomic E-state index is 14.1. The minimum absolute atomic E-state index is 0.166. The van der Waals surface area contributed by atoms with Crippen LogP contribution in [0, 0.1) is 15.9 Å². The fourth-order valence-electron chi connectivity index (χ4n) is 2.44. The van der Waals surface area contributed by atoms with Gasteiger partial charge in [-0.3, -0.25) is 19.9 Å². The number of benzene rings is 1. The third-order valence-corrected chi connectivity index (χ3v) is 4.83. The Kier molecular flexibility index (Phi) is 4.13. The van der Waals surface area contributed by atoms with Gasteiger partial charge in [0.05, 0.1) is 32.3 Å². The molecule has 0 N–H and O–H groups in total. The number of nitro groups is 1. The number of carbonyl (C=O) groups is 1. The molecule has 0 aliphatic carbocycles. The summed E-state index contributed by atoms with van der Waals surface area (Å²) < 4.78 is 25.4. The van der Waals surface area contributed by atoms with Gasteiger partial charge in [-0.15, -0.1) is 11.3 Å². The number of thiophene rings is 1. The maximum atomic E-state index is 14.1. The largest absolute Gasteiger partial charge is 0.461 e. The van der Waals surface area contributed by atoms with E-state index in [2.05, 4.69) is 4.98 Å². The Morgan fingerprint density at radius 3 is 2.78 bits per heavy atom. The van der Waals surface area contributed by atoms with Gasteiger partial charge in [0, 0.05) is 18.3 Å². The summed E-state index contributed by atoms with van der Waals surface area (Å²) in [5, 5.41) is 10.7. The molecule has 0 radical (unpaired) electrons. The van der Waals surface area contributed by atoms with Gasteiger partial charge in [-0.25, -0.2) is 4.39 Å². The molecule has 0 bridgehead atoms. The highest BCUT2D eigenvalue weighted by Gasteiger charge is 2.19. The van der Waals surface area contributed by atoms with E-state index < -0.39 is 10.7 Å². The second-order valence-corrected chi connectivity index (χ2v) is 6.47. The van der Waals surface area contributed by atoms with Crippen molar-refractivity contribution in [2.75, 3.05) is 0 Å². The predicted octanol–water partition coefficient (Wildman–Crippen LogP) is 4.96. The van der Waals surface area contributed by atoms with Crippen LogP contribution >= 0.6 is 11.3 Å². The molecule has 0 aliphatic heterocycles. The number of pyridine rings is 1. The number of ether oxygens (including phenoxy) is 1. The van der Waals surface area contributed by atoms with Crippen LogP contribution in [0.4, 0.5) is 10.1 Å². The molecule has 0 unspecified atom stereocenters. The van der Waals surface area contributed by atoms with Crippen LogP contribution in [-0.2, 0) is 0 Å². The molecule has 7 nitrogen and oxygen atoms in total. The lowest BCUT2D eigenvalue weighted by molar-refractivity contribution is -0.385. The number of furan rings is 1. The Labute approximate surface area is 154 Å².